The summed E-state index contributed by atoms with van der Waals surface area (Å²) in [5.41, 5.74) is 2.72. The molecule has 8 heteroatoms. The summed E-state index contributed by atoms with van der Waals surface area (Å²) in [5, 5.41) is 15.1. The maximum atomic E-state index is 5.23. The fourth-order valence-electron chi connectivity index (χ4n) is 3.58. The molecule has 2 N–H and O–H groups in total. The number of aromatic nitrogens is 3. The highest BCUT2D eigenvalue weighted by Gasteiger charge is 2.06. The molecule has 1 aliphatic carbocycles. The molecule has 3 rings (SSSR count). The van der Waals surface area contributed by atoms with E-state index in [1.807, 2.05) is 12.1 Å². The quantitative estimate of drug-likeness (QED) is 0.206. The maximum Gasteiger partial charge on any atom is 0.191 e. The van der Waals surface area contributed by atoms with Crippen molar-refractivity contribution in [1.29, 1.82) is 0 Å². The zero-order valence-electron chi connectivity index (χ0n) is 18.6. The Labute approximate surface area is 202 Å². The molecule has 0 radical (unpaired) electrons. The molecule has 0 aliphatic heterocycles. The van der Waals surface area contributed by atoms with Gasteiger partial charge in [-0.15, -0.1) is 34.2 Å². The summed E-state index contributed by atoms with van der Waals surface area (Å²) >= 11 is 0. The second-order valence-corrected chi connectivity index (χ2v) is 7.52. The number of benzene rings is 1. The Morgan fingerprint density at radius 1 is 1.16 bits per heavy atom. The van der Waals surface area contributed by atoms with E-state index >= 15 is 0 Å². The minimum Gasteiger partial charge on any atom is -0.497 e. The first kappa shape index (κ1) is 25.2. The van der Waals surface area contributed by atoms with Crippen LogP contribution in [-0.4, -0.2) is 40.9 Å². The van der Waals surface area contributed by atoms with Crippen molar-refractivity contribution < 1.29 is 4.74 Å². The van der Waals surface area contributed by atoms with Gasteiger partial charge in [-0.25, -0.2) is 4.99 Å². The fraction of sp³-hybridized carbons (Fsp3) is 0.522. The summed E-state index contributed by atoms with van der Waals surface area (Å²) in [6, 6.07) is 8.05. The molecule has 0 atom stereocenters. The second-order valence-electron chi connectivity index (χ2n) is 7.52. The number of aryl methyl sites for hydroxylation is 1. The number of ether oxygens (including phenoxy) is 1. The summed E-state index contributed by atoms with van der Waals surface area (Å²) in [6.45, 7) is 5.19. The van der Waals surface area contributed by atoms with Crippen molar-refractivity contribution in [2.75, 3.05) is 20.2 Å². The van der Waals surface area contributed by atoms with E-state index in [9.17, 15) is 0 Å². The van der Waals surface area contributed by atoms with Crippen LogP contribution in [0.4, 0.5) is 0 Å². The second kappa shape index (κ2) is 14.1. The van der Waals surface area contributed by atoms with Gasteiger partial charge >= 0.3 is 0 Å². The van der Waals surface area contributed by atoms with Gasteiger partial charge in [-0.1, -0.05) is 30.7 Å². The van der Waals surface area contributed by atoms with Crippen molar-refractivity contribution in [2.24, 2.45) is 4.99 Å². The zero-order valence-corrected chi connectivity index (χ0v) is 21.0. The summed E-state index contributed by atoms with van der Waals surface area (Å²) in [6.07, 6.45) is 11.3. The number of guanidine groups is 1. The first-order valence-electron chi connectivity index (χ1n) is 11.0. The number of rotatable bonds is 10. The highest BCUT2D eigenvalue weighted by molar-refractivity contribution is 14.0. The predicted octanol–water partition coefficient (Wildman–Crippen LogP) is 4.09. The van der Waals surface area contributed by atoms with E-state index in [1.54, 1.807) is 19.0 Å². The number of methoxy groups -OCH3 is 1. The van der Waals surface area contributed by atoms with Crippen LogP contribution in [0.5, 0.6) is 5.75 Å². The smallest absolute Gasteiger partial charge is 0.191 e. The minimum atomic E-state index is 0. The molecule has 0 amide bonds. The van der Waals surface area contributed by atoms with E-state index in [0.29, 0.717) is 6.54 Å². The number of hydrogen-bond donors (Lipinski definition) is 2. The molecule has 170 valence electrons. The van der Waals surface area contributed by atoms with Gasteiger partial charge in [0.15, 0.2) is 5.96 Å². The Morgan fingerprint density at radius 2 is 1.97 bits per heavy atom. The van der Waals surface area contributed by atoms with Crippen molar-refractivity contribution >= 4 is 29.9 Å². The molecule has 7 nitrogen and oxygen atoms in total. The number of halogens is 1. The Morgan fingerprint density at radius 3 is 2.68 bits per heavy atom. The minimum absolute atomic E-state index is 0. The summed E-state index contributed by atoms with van der Waals surface area (Å²) in [5.74, 6) is 2.71. The van der Waals surface area contributed by atoms with Crippen LogP contribution in [0.3, 0.4) is 0 Å². The third kappa shape index (κ3) is 8.51. The molecule has 0 saturated heterocycles. The largest absolute Gasteiger partial charge is 0.497 e. The molecule has 0 saturated carbocycles. The van der Waals surface area contributed by atoms with Gasteiger partial charge in [-0.3, -0.25) is 0 Å². The van der Waals surface area contributed by atoms with Gasteiger partial charge < -0.3 is 19.9 Å². The first-order valence-corrected chi connectivity index (χ1v) is 11.0. The van der Waals surface area contributed by atoms with E-state index in [1.165, 1.54) is 25.7 Å². The van der Waals surface area contributed by atoms with Gasteiger partial charge in [0.25, 0.3) is 0 Å². The molecule has 31 heavy (non-hydrogen) atoms. The number of nitrogens with zero attached hydrogens (tertiary/aromatic N) is 4. The van der Waals surface area contributed by atoms with Crippen molar-refractivity contribution in [3.8, 4) is 5.75 Å². The highest BCUT2D eigenvalue weighted by Crippen LogP contribution is 2.19. The lowest BCUT2D eigenvalue weighted by molar-refractivity contribution is 0.414. The SMILES string of the molecule is CCc1nncn1CCNC(=NCc1ccc(OC)cc1)NCCC1=CCCCC1.I. The lowest BCUT2D eigenvalue weighted by Gasteiger charge is -2.16. The van der Waals surface area contributed by atoms with Crippen LogP contribution in [0, 0.1) is 0 Å². The van der Waals surface area contributed by atoms with Gasteiger partial charge in [0.05, 0.1) is 13.7 Å². The molecule has 1 aromatic carbocycles. The van der Waals surface area contributed by atoms with Crippen LogP contribution < -0.4 is 15.4 Å². The Hall–Kier alpha value is -2.10. The predicted molar refractivity (Wildman–Crippen MR) is 136 cm³/mol. The third-order valence-electron chi connectivity index (χ3n) is 5.36. The molecule has 0 spiro atoms. The molecular weight excluding hydrogens is 503 g/mol. The fourth-order valence-corrected chi connectivity index (χ4v) is 3.58. The molecule has 0 bridgehead atoms. The molecule has 1 aliphatic rings. The van der Waals surface area contributed by atoms with Crippen LogP contribution in [-0.2, 0) is 19.5 Å². The topological polar surface area (TPSA) is 76.4 Å². The van der Waals surface area contributed by atoms with Crippen LogP contribution >= 0.6 is 24.0 Å². The van der Waals surface area contributed by atoms with E-state index < -0.39 is 0 Å². The van der Waals surface area contributed by atoms with Crippen LogP contribution in [0.25, 0.3) is 0 Å². The molecule has 1 heterocycles. The summed E-state index contributed by atoms with van der Waals surface area (Å²) in [4.78, 5) is 4.79. The zero-order chi connectivity index (χ0) is 21.0. The maximum absolute atomic E-state index is 5.23. The van der Waals surface area contributed by atoms with Crippen LogP contribution in [0.2, 0.25) is 0 Å². The molecule has 1 aromatic heterocycles. The van der Waals surface area contributed by atoms with Crippen LogP contribution in [0.1, 0.15) is 50.4 Å². The summed E-state index contributed by atoms with van der Waals surface area (Å²) < 4.78 is 7.32. The first-order chi connectivity index (χ1) is 14.8. The van der Waals surface area contributed by atoms with Crippen molar-refractivity contribution in [3.05, 3.63) is 53.6 Å². The Kier molecular flexibility index (Phi) is 11.4. The van der Waals surface area contributed by atoms with Gasteiger partial charge in [-0.05, 0) is 49.8 Å². The average Bonchev–Trinajstić information content (AvgIpc) is 3.25. The van der Waals surface area contributed by atoms with E-state index in [0.717, 1.165) is 55.6 Å². The monoisotopic (exact) mass is 538 g/mol. The standard InChI is InChI=1S/C23H34N6O.HI/c1-3-22-28-27-18-29(22)16-15-25-23(24-14-13-19-7-5-4-6-8-19)26-17-20-9-11-21(30-2)12-10-20;/h7,9-12,18H,3-6,8,13-17H2,1-2H3,(H2,24,25,26);1H. The lowest BCUT2D eigenvalue weighted by Crippen LogP contribution is -2.39. The molecule has 2 aromatic rings. The lowest BCUT2D eigenvalue weighted by atomic mass is 9.97. The normalized spacial score (nSPS) is 13.9. The van der Waals surface area contributed by atoms with Gasteiger partial charge in [0.1, 0.15) is 17.9 Å². The van der Waals surface area contributed by atoms with Gasteiger partial charge in [0.2, 0.25) is 0 Å². The third-order valence-corrected chi connectivity index (χ3v) is 5.36. The number of hydrogen-bond acceptors (Lipinski definition) is 4. The van der Waals surface area contributed by atoms with Gasteiger partial charge in [0, 0.05) is 26.1 Å². The van der Waals surface area contributed by atoms with E-state index in [2.05, 4.69) is 50.5 Å². The number of nitrogens with one attached hydrogen (secondary N) is 2. The van der Waals surface area contributed by atoms with Crippen molar-refractivity contribution in [1.82, 2.24) is 25.4 Å². The van der Waals surface area contributed by atoms with E-state index in [-0.39, 0.29) is 24.0 Å². The van der Waals surface area contributed by atoms with Gasteiger partial charge in [-0.2, -0.15) is 0 Å². The molecule has 0 unspecified atom stereocenters. The highest BCUT2D eigenvalue weighted by atomic mass is 127. The van der Waals surface area contributed by atoms with E-state index in [4.69, 9.17) is 9.73 Å². The van der Waals surface area contributed by atoms with Crippen LogP contribution in [0.15, 0.2) is 47.2 Å². The van der Waals surface area contributed by atoms with Crippen molar-refractivity contribution in [3.63, 3.8) is 0 Å². The molecule has 0 fully saturated rings. The summed E-state index contributed by atoms with van der Waals surface area (Å²) in [7, 11) is 1.68. The number of allylic oxidation sites excluding steroid dienone is 1. The molecular formula is C23H35IN6O. The number of aliphatic imine (C=N–C) groups is 1. The Balaban J connectivity index is 0.00000341. The average molecular weight is 538 g/mol. The van der Waals surface area contributed by atoms with Crippen molar-refractivity contribution in [2.45, 2.75) is 58.5 Å². The Bertz CT molecular complexity index is 831.